The number of nitrogens with zero attached hydrogens (tertiary/aromatic N) is 2. The molecule has 1 aromatic heterocycles. The molecule has 0 saturated carbocycles. The minimum absolute atomic E-state index is 0.495. The molecule has 3 nitrogen and oxygen atoms in total. The number of para-hydroxylation sites is 1. The third kappa shape index (κ3) is 2.39. The first-order chi connectivity index (χ1) is 9.78. The maximum Gasteiger partial charge on any atom is 0.133 e. The third-order valence-electron chi connectivity index (χ3n) is 3.52. The van der Waals surface area contributed by atoms with Gasteiger partial charge < -0.3 is 4.74 Å². The topological polar surface area (TPSA) is 27.1 Å². The predicted octanol–water partition coefficient (Wildman–Crippen LogP) is 3.71. The minimum atomic E-state index is 0.495. The summed E-state index contributed by atoms with van der Waals surface area (Å²) in [5, 5.41) is 5.69. The van der Waals surface area contributed by atoms with Crippen molar-refractivity contribution >= 4 is 10.9 Å². The second-order valence-electron chi connectivity index (χ2n) is 4.88. The smallest absolute Gasteiger partial charge is 0.133 e. The Morgan fingerprint density at radius 2 is 1.95 bits per heavy atom. The maximum absolute atomic E-state index is 5.88. The van der Waals surface area contributed by atoms with Gasteiger partial charge in [0, 0.05) is 12.4 Å². The Morgan fingerprint density at radius 3 is 2.80 bits per heavy atom. The molecule has 0 aliphatic carbocycles. The second kappa shape index (κ2) is 5.37. The Labute approximate surface area is 118 Å². The van der Waals surface area contributed by atoms with Crippen LogP contribution in [0.15, 0.2) is 48.5 Å². The van der Waals surface area contributed by atoms with Crippen molar-refractivity contribution in [3.05, 3.63) is 59.8 Å². The molecule has 0 aliphatic rings. The van der Waals surface area contributed by atoms with Crippen molar-refractivity contribution in [1.82, 2.24) is 9.78 Å². The number of ether oxygens (including phenoxy) is 1. The number of benzene rings is 2. The number of rotatable bonds is 4. The molecular weight excluding hydrogens is 248 g/mol. The van der Waals surface area contributed by atoms with Crippen LogP contribution in [0, 0.1) is 0 Å². The first-order valence-corrected chi connectivity index (χ1v) is 6.90. The first-order valence-electron chi connectivity index (χ1n) is 6.90. The van der Waals surface area contributed by atoms with Crippen molar-refractivity contribution in [3.63, 3.8) is 0 Å². The number of fused-ring (bicyclic) bond motifs is 1. The van der Waals surface area contributed by atoms with Gasteiger partial charge in [0.2, 0.25) is 0 Å². The number of aryl methyl sites for hydroxylation is 2. The summed E-state index contributed by atoms with van der Waals surface area (Å²) in [7, 11) is 1.96. The lowest BCUT2D eigenvalue weighted by Gasteiger charge is -2.06. The third-order valence-corrected chi connectivity index (χ3v) is 3.52. The van der Waals surface area contributed by atoms with E-state index in [4.69, 9.17) is 4.74 Å². The van der Waals surface area contributed by atoms with Crippen LogP contribution in [0.2, 0.25) is 0 Å². The van der Waals surface area contributed by atoms with Crippen molar-refractivity contribution in [2.75, 3.05) is 0 Å². The SMILES string of the molecule is CCc1cccc(OCc2nn(C)c3ccccc23)c1. The molecule has 3 aromatic rings. The van der Waals surface area contributed by atoms with Crippen LogP contribution in [-0.2, 0) is 20.1 Å². The van der Waals surface area contributed by atoms with Crippen molar-refractivity contribution in [2.45, 2.75) is 20.0 Å². The van der Waals surface area contributed by atoms with Gasteiger partial charge >= 0.3 is 0 Å². The molecule has 0 radical (unpaired) electrons. The molecule has 0 unspecified atom stereocenters. The normalized spacial score (nSPS) is 10.9. The van der Waals surface area contributed by atoms with Crippen LogP contribution < -0.4 is 4.74 Å². The molecule has 0 saturated heterocycles. The standard InChI is InChI=1S/C17H18N2O/c1-3-13-7-6-8-14(11-13)20-12-16-15-9-4-5-10-17(15)19(2)18-16/h4-11H,3,12H2,1-2H3. The van der Waals surface area contributed by atoms with Crippen molar-refractivity contribution in [3.8, 4) is 5.75 Å². The average molecular weight is 266 g/mol. The molecule has 20 heavy (non-hydrogen) atoms. The monoisotopic (exact) mass is 266 g/mol. The van der Waals surface area contributed by atoms with Crippen LogP contribution in [0.3, 0.4) is 0 Å². The number of hydrogen-bond donors (Lipinski definition) is 0. The fraction of sp³-hybridized carbons (Fsp3) is 0.235. The zero-order valence-corrected chi connectivity index (χ0v) is 11.8. The van der Waals surface area contributed by atoms with E-state index in [1.807, 2.05) is 36.0 Å². The lowest BCUT2D eigenvalue weighted by Crippen LogP contribution is -1.98. The molecule has 0 aliphatic heterocycles. The van der Waals surface area contributed by atoms with E-state index < -0.39 is 0 Å². The van der Waals surface area contributed by atoms with Crippen LogP contribution in [0.4, 0.5) is 0 Å². The van der Waals surface area contributed by atoms with Gasteiger partial charge in [-0.25, -0.2) is 0 Å². The van der Waals surface area contributed by atoms with Crippen LogP contribution >= 0.6 is 0 Å². The van der Waals surface area contributed by atoms with Gasteiger partial charge in [0.15, 0.2) is 0 Å². The van der Waals surface area contributed by atoms with Crippen LogP contribution in [0.1, 0.15) is 18.2 Å². The highest BCUT2D eigenvalue weighted by Gasteiger charge is 2.08. The molecule has 1 heterocycles. The van der Waals surface area contributed by atoms with Gasteiger partial charge in [0.1, 0.15) is 18.1 Å². The van der Waals surface area contributed by atoms with Crippen LogP contribution in [0.5, 0.6) is 5.75 Å². The fourth-order valence-corrected chi connectivity index (χ4v) is 2.40. The fourth-order valence-electron chi connectivity index (χ4n) is 2.40. The summed E-state index contributed by atoms with van der Waals surface area (Å²) < 4.78 is 7.78. The van der Waals surface area contributed by atoms with Gasteiger partial charge in [-0.05, 0) is 30.2 Å². The highest BCUT2D eigenvalue weighted by Crippen LogP contribution is 2.20. The molecule has 2 aromatic carbocycles. The molecule has 0 atom stereocenters. The number of aromatic nitrogens is 2. The van der Waals surface area contributed by atoms with E-state index in [0.717, 1.165) is 28.8 Å². The predicted molar refractivity (Wildman–Crippen MR) is 80.9 cm³/mol. The van der Waals surface area contributed by atoms with Gasteiger partial charge in [0.25, 0.3) is 0 Å². The van der Waals surface area contributed by atoms with E-state index in [1.54, 1.807) is 0 Å². The molecular formula is C17H18N2O. The molecule has 102 valence electrons. The van der Waals surface area contributed by atoms with E-state index in [-0.39, 0.29) is 0 Å². The minimum Gasteiger partial charge on any atom is -0.487 e. The Morgan fingerprint density at radius 1 is 1.10 bits per heavy atom. The lowest BCUT2D eigenvalue weighted by molar-refractivity contribution is 0.301. The summed E-state index contributed by atoms with van der Waals surface area (Å²) in [6.45, 7) is 2.64. The van der Waals surface area contributed by atoms with Crippen molar-refractivity contribution < 1.29 is 4.74 Å². The van der Waals surface area contributed by atoms with E-state index in [1.165, 1.54) is 5.56 Å². The highest BCUT2D eigenvalue weighted by molar-refractivity contribution is 5.81. The van der Waals surface area contributed by atoms with E-state index in [0.29, 0.717) is 6.61 Å². The Kier molecular flexibility index (Phi) is 3.42. The van der Waals surface area contributed by atoms with E-state index >= 15 is 0 Å². The summed E-state index contributed by atoms with van der Waals surface area (Å²) in [5.74, 6) is 0.902. The van der Waals surface area contributed by atoms with Gasteiger partial charge in [0.05, 0.1) is 5.52 Å². The van der Waals surface area contributed by atoms with E-state index in [2.05, 4.69) is 36.3 Å². The Bertz CT molecular complexity index is 731. The van der Waals surface area contributed by atoms with Gasteiger partial charge in [-0.15, -0.1) is 0 Å². The highest BCUT2D eigenvalue weighted by atomic mass is 16.5. The lowest BCUT2D eigenvalue weighted by atomic mass is 10.2. The zero-order valence-electron chi connectivity index (χ0n) is 11.8. The van der Waals surface area contributed by atoms with Crippen molar-refractivity contribution in [2.24, 2.45) is 7.05 Å². The second-order valence-corrected chi connectivity index (χ2v) is 4.88. The van der Waals surface area contributed by atoms with E-state index in [9.17, 15) is 0 Å². The summed E-state index contributed by atoms with van der Waals surface area (Å²) in [6, 6.07) is 16.4. The molecule has 3 heteroatoms. The quantitative estimate of drug-likeness (QED) is 0.719. The first kappa shape index (κ1) is 12.7. The summed E-state index contributed by atoms with van der Waals surface area (Å²) >= 11 is 0. The summed E-state index contributed by atoms with van der Waals surface area (Å²) in [6.07, 6.45) is 1.02. The Hall–Kier alpha value is -2.29. The summed E-state index contributed by atoms with van der Waals surface area (Å²) in [5.41, 5.74) is 3.40. The number of hydrogen-bond acceptors (Lipinski definition) is 2. The average Bonchev–Trinajstić information content (AvgIpc) is 2.82. The van der Waals surface area contributed by atoms with Gasteiger partial charge in [-0.1, -0.05) is 37.3 Å². The molecule has 0 spiro atoms. The molecule has 3 rings (SSSR count). The molecule has 0 fully saturated rings. The largest absolute Gasteiger partial charge is 0.487 e. The van der Waals surface area contributed by atoms with Crippen LogP contribution in [0.25, 0.3) is 10.9 Å². The molecule has 0 N–H and O–H groups in total. The molecule has 0 amide bonds. The van der Waals surface area contributed by atoms with Crippen LogP contribution in [-0.4, -0.2) is 9.78 Å². The maximum atomic E-state index is 5.88. The van der Waals surface area contributed by atoms with Gasteiger partial charge in [-0.3, -0.25) is 4.68 Å². The molecule has 0 bridgehead atoms. The summed E-state index contributed by atoms with van der Waals surface area (Å²) in [4.78, 5) is 0. The zero-order chi connectivity index (χ0) is 13.9. The van der Waals surface area contributed by atoms with Gasteiger partial charge in [-0.2, -0.15) is 5.10 Å². The Balaban J connectivity index is 1.83. The van der Waals surface area contributed by atoms with Crippen molar-refractivity contribution in [1.29, 1.82) is 0 Å².